The maximum atomic E-state index is 11.6. The summed E-state index contributed by atoms with van der Waals surface area (Å²) in [6, 6.07) is -1.03. The standard InChI is InChI=1S/C15H20N2O5S/c1-10(18)16-8-14(19)17-13(15(20)21)9-23-12-5-3-4-11(22-2)6-7-12/h3-7,12-13H,8-9H2,1-2H3,(H,16,18)(H,17,19)(H,20,21). The summed E-state index contributed by atoms with van der Waals surface area (Å²) in [5.74, 6) is -1.10. The highest BCUT2D eigenvalue weighted by Gasteiger charge is 2.21. The van der Waals surface area contributed by atoms with E-state index in [4.69, 9.17) is 4.74 Å². The lowest BCUT2D eigenvalue weighted by Crippen LogP contribution is -2.46. The van der Waals surface area contributed by atoms with Crippen LogP contribution < -0.4 is 10.6 Å². The maximum absolute atomic E-state index is 11.6. The minimum Gasteiger partial charge on any atom is -0.497 e. The minimum absolute atomic E-state index is 0.0204. The molecule has 1 aliphatic rings. The second-order valence-electron chi connectivity index (χ2n) is 4.68. The van der Waals surface area contributed by atoms with Crippen molar-refractivity contribution in [2.75, 3.05) is 19.4 Å². The summed E-state index contributed by atoms with van der Waals surface area (Å²) < 4.78 is 5.11. The van der Waals surface area contributed by atoms with Crippen molar-refractivity contribution in [1.82, 2.24) is 10.6 Å². The zero-order valence-electron chi connectivity index (χ0n) is 12.9. The van der Waals surface area contributed by atoms with Crippen LogP contribution in [0.15, 0.2) is 36.1 Å². The van der Waals surface area contributed by atoms with Crippen LogP contribution in [0.1, 0.15) is 6.92 Å². The molecule has 0 bridgehead atoms. The van der Waals surface area contributed by atoms with Gasteiger partial charge < -0.3 is 20.5 Å². The van der Waals surface area contributed by atoms with Crippen LogP contribution in [0.2, 0.25) is 0 Å². The summed E-state index contributed by atoms with van der Waals surface area (Å²) >= 11 is 1.38. The number of amides is 2. The summed E-state index contributed by atoms with van der Waals surface area (Å²) in [6.07, 6.45) is 9.25. The number of carbonyl (C=O) groups is 3. The first-order valence-corrected chi connectivity index (χ1v) is 7.96. The monoisotopic (exact) mass is 340 g/mol. The predicted octanol–water partition coefficient (Wildman–Crippen LogP) is 0.450. The lowest BCUT2D eigenvalue weighted by atomic mass is 10.3. The van der Waals surface area contributed by atoms with Crippen LogP contribution in [-0.4, -0.2) is 53.6 Å². The third-order valence-corrected chi connectivity index (χ3v) is 4.06. The molecule has 23 heavy (non-hydrogen) atoms. The van der Waals surface area contributed by atoms with E-state index in [2.05, 4.69) is 10.6 Å². The molecular weight excluding hydrogens is 320 g/mol. The Morgan fingerprint density at radius 1 is 1.39 bits per heavy atom. The van der Waals surface area contributed by atoms with E-state index < -0.39 is 17.9 Å². The van der Waals surface area contributed by atoms with E-state index in [0.29, 0.717) is 5.76 Å². The third kappa shape index (κ3) is 7.55. The SMILES string of the molecule is COC1=CC=CC(SCC(NC(=O)CNC(C)=O)C(=O)O)C=C1. The van der Waals surface area contributed by atoms with Crippen LogP contribution in [0.25, 0.3) is 0 Å². The van der Waals surface area contributed by atoms with E-state index in [1.54, 1.807) is 13.2 Å². The zero-order valence-corrected chi connectivity index (χ0v) is 13.8. The Kier molecular flexibility index (Phi) is 7.96. The molecule has 7 nitrogen and oxygen atoms in total. The van der Waals surface area contributed by atoms with E-state index in [9.17, 15) is 19.5 Å². The van der Waals surface area contributed by atoms with Gasteiger partial charge in [-0.25, -0.2) is 4.79 Å². The Morgan fingerprint density at radius 3 is 2.74 bits per heavy atom. The molecule has 1 rings (SSSR count). The van der Waals surface area contributed by atoms with Gasteiger partial charge in [-0.15, -0.1) is 11.8 Å². The molecule has 0 saturated carbocycles. The van der Waals surface area contributed by atoms with Crippen LogP contribution in [0.4, 0.5) is 0 Å². The summed E-state index contributed by atoms with van der Waals surface area (Å²) in [6.45, 7) is 1.04. The van der Waals surface area contributed by atoms with Crippen molar-refractivity contribution in [2.45, 2.75) is 18.2 Å². The molecule has 0 aromatic rings. The van der Waals surface area contributed by atoms with Gasteiger partial charge in [0, 0.05) is 17.9 Å². The molecule has 126 valence electrons. The van der Waals surface area contributed by atoms with E-state index >= 15 is 0 Å². The van der Waals surface area contributed by atoms with Gasteiger partial charge in [-0.05, 0) is 12.2 Å². The second-order valence-corrected chi connectivity index (χ2v) is 5.89. The highest BCUT2D eigenvalue weighted by atomic mass is 32.2. The number of rotatable bonds is 8. The van der Waals surface area contributed by atoms with Gasteiger partial charge >= 0.3 is 5.97 Å². The number of methoxy groups -OCH3 is 1. The first-order chi connectivity index (χ1) is 10.9. The fourth-order valence-corrected chi connectivity index (χ4v) is 2.68. The second kappa shape index (κ2) is 9.73. The molecule has 0 heterocycles. The smallest absolute Gasteiger partial charge is 0.327 e. The number of carboxylic acids is 1. The van der Waals surface area contributed by atoms with E-state index in [-0.39, 0.29) is 23.5 Å². The van der Waals surface area contributed by atoms with Gasteiger partial charge in [0.05, 0.1) is 13.7 Å². The van der Waals surface area contributed by atoms with Crippen LogP contribution in [-0.2, 0) is 19.1 Å². The molecule has 0 spiro atoms. The maximum Gasteiger partial charge on any atom is 0.327 e. The van der Waals surface area contributed by atoms with Crippen molar-refractivity contribution in [1.29, 1.82) is 0 Å². The van der Waals surface area contributed by atoms with Crippen molar-refractivity contribution in [2.24, 2.45) is 0 Å². The fourth-order valence-electron chi connectivity index (χ4n) is 1.65. The van der Waals surface area contributed by atoms with Crippen LogP contribution in [0.3, 0.4) is 0 Å². The number of hydrogen-bond acceptors (Lipinski definition) is 5. The highest BCUT2D eigenvalue weighted by Crippen LogP contribution is 2.19. The van der Waals surface area contributed by atoms with Gasteiger partial charge in [0.25, 0.3) is 0 Å². The molecule has 0 aliphatic heterocycles. The summed E-state index contributed by atoms with van der Waals surface area (Å²) in [4.78, 5) is 33.6. The summed E-state index contributed by atoms with van der Waals surface area (Å²) in [5.41, 5.74) is 0. The topological polar surface area (TPSA) is 105 Å². The Labute approximate surface area is 138 Å². The number of ether oxygens (including phenoxy) is 1. The lowest BCUT2D eigenvalue weighted by Gasteiger charge is -2.16. The van der Waals surface area contributed by atoms with Crippen LogP contribution in [0.5, 0.6) is 0 Å². The molecule has 0 saturated heterocycles. The molecule has 3 N–H and O–H groups in total. The first kappa shape index (κ1) is 18.8. The first-order valence-electron chi connectivity index (χ1n) is 6.91. The van der Waals surface area contributed by atoms with E-state index in [0.717, 1.165) is 0 Å². The van der Waals surface area contributed by atoms with Crippen LogP contribution >= 0.6 is 11.8 Å². The molecule has 8 heteroatoms. The highest BCUT2D eigenvalue weighted by molar-refractivity contribution is 8.00. The summed E-state index contributed by atoms with van der Waals surface area (Å²) in [7, 11) is 1.57. The number of thioether (sulfide) groups is 1. The van der Waals surface area contributed by atoms with Gasteiger partial charge in [-0.2, -0.15) is 0 Å². The van der Waals surface area contributed by atoms with E-state index in [1.807, 2.05) is 24.3 Å². The number of allylic oxidation sites excluding steroid dienone is 3. The predicted molar refractivity (Wildman–Crippen MR) is 87.9 cm³/mol. The number of aliphatic carboxylic acids is 1. The molecule has 2 amide bonds. The number of carbonyl (C=O) groups excluding carboxylic acids is 2. The Hall–Kier alpha value is -2.22. The molecule has 0 aromatic heterocycles. The van der Waals surface area contributed by atoms with Gasteiger partial charge in [0.1, 0.15) is 11.8 Å². The van der Waals surface area contributed by atoms with Gasteiger partial charge in [-0.3, -0.25) is 9.59 Å². The fraction of sp³-hybridized carbons (Fsp3) is 0.400. The van der Waals surface area contributed by atoms with Crippen molar-refractivity contribution in [3.8, 4) is 0 Å². The van der Waals surface area contributed by atoms with Gasteiger partial charge in [0.15, 0.2) is 0 Å². The molecule has 0 radical (unpaired) electrons. The average molecular weight is 340 g/mol. The Morgan fingerprint density at radius 2 is 2.13 bits per heavy atom. The quantitative estimate of drug-likeness (QED) is 0.593. The van der Waals surface area contributed by atoms with Crippen molar-refractivity contribution in [3.05, 3.63) is 36.1 Å². The molecule has 2 atom stereocenters. The van der Waals surface area contributed by atoms with Crippen LogP contribution in [0, 0.1) is 0 Å². The lowest BCUT2D eigenvalue weighted by molar-refractivity contribution is -0.141. The third-order valence-electron chi connectivity index (χ3n) is 2.83. The molecule has 0 aromatic carbocycles. The van der Waals surface area contributed by atoms with Crippen molar-refractivity contribution in [3.63, 3.8) is 0 Å². The number of nitrogens with one attached hydrogen (secondary N) is 2. The zero-order chi connectivity index (χ0) is 17.2. The molecule has 1 aliphatic carbocycles. The number of hydrogen-bond donors (Lipinski definition) is 3. The molecular formula is C15H20N2O5S. The molecule has 2 unspecified atom stereocenters. The average Bonchev–Trinajstić information content (AvgIpc) is 2.74. The van der Waals surface area contributed by atoms with Gasteiger partial charge in [-0.1, -0.05) is 18.2 Å². The molecule has 0 fully saturated rings. The Bertz CT molecular complexity index is 542. The van der Waals surface area contributed by atoms with Gasteiger partial charge in [0.2, 0.25) is 11.8 Å². The normalized spacial score (nSPS) is 17.7. The summed E-state index contributed by atoms with van der Waals surface area (Å²) in [5, 5.41) is 13.9. The van der Waals surface area contributed by atoms with E-state index in [1.165, 1.54) is 18.7 Å². The largest absolute Gasteiger partial charge is 0.497 e. The Balaban J connectivity index is 2.49. The van der Waals surface area contributed by atoms with Crippen molar-refractivity contribution >= 4 is 29.5 Å². The van der Waals surface area contributed by atoms with Crippen molar-refractivity contribution < 1.29 is 24.2 Å². The number of carboxylic acid groups (broad SMARTS) is 1. The minimum atomic E-state index is -1.12.